The van der Waals surface area contributed by atoms with Crippen molar-refractivity contribution in [2.45, 2.75) is 43.9 Å². The minimum Gasteiger partial charge on any atom is -0.350 e. The molecule has 1 saturated carbocycles. The number of nitrogens with zero attached hydrogens (tertiary/aromatic N) is 2. The van der Waals surface area contributed by atoms with E-state index in [0.717, 1.165) is 34.1 Å². The summed E-state index contributed by atoms with van der Waals surface area (Å²) in [7, 11) is 0. The van der Waals surface area contributed by atoms with Crippen molar-refractivity contribution in [2.75, 3.05) is 13.1 Å². The molecule has 0 radical (unpaired) electrons. The molecule has 1 aliphatic heterocycles. The Bertz CT molecular complexity index is 1040. The lowest BCUT2D eigenvalue weighted by molar-refractivity contribution is -0.129. The number of benzene rings is 2. The number of rotatable bonds is 4. The van der Waals surface area contributed by atoms with Gasteiger partial charge >= 0.3 is 0 Å². The van der Waals surface area contributed by atoms with Crippen molar-refractivity contribution >= 4 is 17.7 Å². The van der Waals surface area contributed by atoms with E-state index in [0.29, 0.717) is 37.8 Å². The average molecular weight is 492 g/mol. The fraction of sp³-hybridized carbons (Fsp3) is 0.375. The maximum atomic E-state index is 13.7. The molecule has 2 fully saturated rings. The van der Waals surface area contributed by atoms with Gasteiger partial charge in [0.05, 0.1) is 0 Å². The summed E-state index contributed by atoms with van der Waals surface area (Å²) < 4.78 is 55.0. The zero-order chi connectivity index (χ0) is 25.3. The second-order valence-electron chi connectivity index (χ2n) is 8.81. The maximum Gasteiger partial charge on any atom is 0.264 e. The van der Waals surface area contributed by atoms with Crippen LogP contribution in [0.5, 0.6) is 0 Å². The Morgan fingerprint density at radius 1 is 0.714 bits per heavy atom. The molecule has 1 heterocycles. The largest absolute Gasteiger partial charge is 0.350 e. The summed E-state index contributed by atoms with van der Waals surface area (Å²) in [5.41, 5.74) is 5.23. The Hall–Kier alpha value is -3.47. The van der Waals surface area contributed by atoms with Gasteiger partial charge in [-0.2, -0.15) is 0 Å². The van der Waals surface area contributed by atoms with Crippen molar-refractivity contribution < 1.29 is 31.9 Å². The van der Waals surface area contributed by atoms with E-state index < -0.39 is 47.2 Å². The molecule has 1 saturated heterocycles. The van der Waals surface area contributed by atoms with Crippen LogP contribution >= 0.6 is 0 Å². The SMILES string of the molecule is NC1CCC(NC(=O)C2N(C(=O)c3cc(F)cc(F)c3)CCN2C(=O)c2cc(F)cc(F)c2)CC1. The first kappa shape index (κ1) is 24.6. The summed E-state index contributed by atoms with van der Waals surface area (Å²) in [5, 5.41) is 2.82. The highest BCUT2D eigenvalue weighted by atomic mass is 19.1. The van der Waals surface area contributed by atoms with Gasteiger partial charge in [0.25, 0.3) is 17.7 Å². The molecule has 0 bridgehead atoms. The second-order valence-corrected chi connectivity index (χ2v) is 8.81. The van der Waals surface area contributed by atoms with Crippen LogP contribution in [0.1, 0.15) is 46.4 Å². The summed E-state index contributed by atoms with van der Waals surface area (Å²) in [6.45, 7) is -0.262. The van der Waals surface area contributed by atoms with Gasteiger partial charge in [-0.15, -0.1) is 0 Å². The van der Waals surface area contributed by atoms with Gasteiger partial charge in [0.2, 0.25) is 0 Å². The van der Waals surface area contributed by atoms with Crippen LogP contribution in [0.3, 0.4) is 0 Å². The molecule has 0 aromatic heterocycles. The summed E-state index contributed by atoms with van der Waals surface area (Å²) >= 11 is 0. The second kappa shape index (κ2) is 10.0. The van der Waals surface area contributed by atoms with Crippen LogP contribution < -0.4 is 11.1 Å². The summed E-state index contributed by atoms with van der Waals surface area (Å²) in [6.07, 6.45) is 1.10. The number of halogens is 4. The molecule has 0 unspecified atom stereocenters. The van der Waals surface area contributed by atoms with E-state index in [2.05, 4.69) is 5.32 Å². The Morgan fingerprint density at radius 2 is 1.11 bits per heavy atom. The quantitative estimate of drug-likeness (QED) is 0.642. The minimum atomic E-state index is -1.48. The topological polar surface area (TPSA) is 95.7 Å². The maximum absolute atomic E-state index is 13.7. The minimum absolute atomic E-state index is 0.0246. The molecular formula is C24H24F4N4O3. The molecule has 11 heteroatoms. The number of amides is 3. The fourth-order valence-electron chi connectivity index (χ4n) is 4.56. The van der Waals surface area contributed by atoms with Crippen LogP contribution in [0, 0.1) is 23.3 Å². The molecule has 7 nitrogen and oxygen atoms in total. The number of hydrogen-bond donors (Lipinski definition) is 2. The normalized spacial score (nSPS) is 20.7. The Morgan fingerprint density at radius 3 is 1.51 bits per heavy atom. The van der Waals surface area contributed by atoms with Crippen LogP contribution in [0.4, 0.5) is 17.6 Å². The van der Waals surface area contributed by atoms with Gasteiger partial charge in [0.15, 0.2) is 6.17 Å². The van der Waals surface area contributed by atoms with Crippen molar-refractivity contribution in [3.63, 3.8) is 0 Å². The zero-order valence-electron chi connectivity index (χ0n) is 18.6. The lowest BCUT2D eigenvalue weighted by Gasteiger charge is -2.32. The van der Waals surface area contributed by atoms with Crippen molar-refractivity contribution in [3.8, 4) is 0 Å². The van der Waals surface area contributed by atoms with Gasteiger partial charge in [-0.05, 0) is 49.9 Å². The van der Waals surface area contributed by atoms with Crippen molar-refractivity contribution in [2.24, 2.45) is 5.73 Å². The van der Waals surface area contributed by atoms with Crippen LogP contribution in [-0.2, 0) is 4.79 Å². The smallest absolute Gasteiger partial charge is 0.264 e. The molecule has 1 aliphatic carbocycles. The Labute approximate surface area is 198 Å². The molecule has 4 rings (SSSR count). The fourth-order valence-corrected chi connectivity index (χ4v) is 4.56. The third kappa shape index (κ3) is 5.45. The lowest BCUT2D eigenvalue weighted by atomic mass is 9.92. The molecule has 35 heavy (non-hydrogen) atoms. The molecule has 0 atom stereocenters. The number of carbonyl (C=O) groups is 3. The Balaban J connectivity index is 1.64. The highest BCUT2D eigenvalue weighted by molar-refractivity contribution is 6.02. The van der Waals surface area contributed by atoms with Gasteiger partial charge < -0.3 is 20.9 Å². The standard InChI is InChI=1S/C24H24F4N4O3/c25-15-7-13(8-16(26)11-15)23(34)31-5-6-32(24(35)14-9-17(27)12-18(28)10-14)22(31)21(33)30-20-3-1-19(29)2-4-20/h7-12,19-20,22H,1-6,29H2,(H,30,33). The van der Waals surface area contributed by atoms with Crippen LogP contribution in [0.2, 0.25) is 0 Å². The first-order valence-corrected chi connectivity index (χ1v) is 11.2. The van der Waals surface area contributed by atoms with Crippen molar-refractivity contribution in [3.05, 3.63) is 70.8 Å². The van der Waals surface area contributed by atoms with E-state index >= 15 is 0 Å². The molecule has 3 N–H and O–H groups in total. The van der Waals surface area contributed by atoms with Crippen molar-refractivity contribution in [1.82, 2.24) is 15.1 Å². The predicted molar refractivity (Wildman–Crippen MR) is 117 cm³/mol. The highest BCUT2D eigenvalue weighted by Crippen LogP contribution is 2.24. The van der Waals surface area contributed by atoms with Gasteiger partial charge in [0, 0.05) is 48.4 Å². The third-order valence-corrected chi connectivity index (χ3v) is 6.27. The molecule has 3 amide bonds. The number of nitrogens with two attached hydrogens (primary N) is 1. The molecule has 2 aromatic carbocycles. The number of nitrogens with one attached hydrogen (secondary N) is 1. The van der Waals surface area contributed by atoms with E-state index in [1.807, 2.05) is 0 Å². The van der Waals surface area contributed by atoms with E-state index in [4.69, 9.17) is 5.73 Å². The third-order valence-electron chi connectivity index (χ3n) is 6.27. The lowest BCUT2D eigenvalue weighted by Crippen LogP contribution is -2.56. The van der Waals surface area contributed by atoms with Gasteiger partial charge in [-0.3, -0.25) is 14.4 Å². The molecule has 2 aromatic rings. The van der Waals surface area contributed by atoms with E-state index in [1.54, 1.807) is 0 Å². The molecular weight excluding hydrogens is 468 g/mol. The first-order valence-electron chi connectivity index (χ1n) is 11.2. The molecule has 186 valence electrons. The molecule has 2 aliphatic rings. The van der Waals surface area contributed by atoms with Crippen LogP contribution in [-0.4, -0.2) is 58.9 Å². The van der Waals surface area contributed by atoms with E-state index in [9.17, 15) is 31.9 Å². The molecule has 0 spiro atoms. The number of hydrogen-bond acceptors (Lipinski definition) is 4. The van der Waals surface area contributed by atoms with Crippen LogP contribution in [0.15, 0.2) is 36.4 Å². The van der Waals surface area contributed by atoms with Gasteiger partial charge in [0.1, 0.15) is 23.3 Å². The predicted octanol–water partition coefficient (Wildman–Crippen LogP) is 2.55. The summed E-state index contributed by atoms with van der Waals surface area (Å²) in [6, 6.07) is 4.31. The highest BCUT2D eigenvalue weighted by Gasteiger charge is 2.44. The Kier molecular flexibility index (Phi) is 7.06. The summed E-state index contributed by atoms with van der Waals surface area (Å²) in [5.74, 6) is -6.32. The van der Waals surface area contributed by atoms with Gasteiger partial charge in [-0.25, -0.2) is 17.6 Å². The van der Waals surface area contributed by atoms with Crippen LogP contribution in [0.25, 0.3) is 0 Å². The number of carbonyl (C=O) groups excluding carboxylic acids is 3. The first-order chi connectivity index (χ1) is 16.6. The average Bonchev–Trinajstić information content (AvgIpc) is 3.23. The monoisotopic (exact) mass is 492 g/mol. The zero-order valence-corrected chi connectivity index (χ0v) is 18.6. The summed E-state index contributed by atoms with van der Waals surface area (Å²) in [4.78, 5) is 41.7. The van der Waals surface area contributed by atoms with Gasteiger partial charge in [-0.1, -0.05) is 0 Å². The van der Waals surface area contributed by atoms with E-state index in [1.165, 1.54) is 0 Å². The van der Waals surface area contributed by atoms with Crippen molar-refractivity contribution in [1.29, 1.82) is 0 Å². The van der Waals surface area contributed by atoms with E-state index in [-0.39, 0.29) is 36.3 Å².